The van der Waals surface area contributed by atoms with Crippen molar-refractivity contribution in [1.82, 2.24) is 9.88 Å². The zero-order valence-corrected chi connectivity index (χ0v) is 9.40. The molecule has 1 aromatic heterocycles. The summed E-state index contributed by atoms with van der Waals surface area (Å²) < 4.78 is 1.60. The van der Waals surface area contributed by atoms with Crippen LogP contribution in [-0.2, 0) is 7.05 Å². The minimum Gasteiger partial charge on any atom is -0.394 e. The average molecular weight is 221 g/mol. The zero-order chi connectivity index (χ0) is 12.1. The number of aryl methyl sites for hydroxylation is 1. The molecule has 0 saturated carbocycles. The molecule has 0 radical (unpaired) electrons. The van der Waals surface area contributed by atoms with Crippen LogP contribution in [0.2, 0.25) is 0 Å². The van der Waals surface area contributed by atoms with Gasteiger partial charge in [0.1, 0.15) is 11.8 Å². The molecule has 0 aliphatic rings. The highest BCUT2D eigenvalue weighted by atomic mass is 16.3. The highest BCUT2D eigenvalue weighted by Crippen LogP contribution is 2.06. The standard InChI is InChI=1S/C11H15N3O2/c1-3-9(7-15)13-11(16)10-4-8(5-12)6-14(10)2/h4,6,9,15H,3,7H2,1-2H3,(H,13,16). The van der Waals surface area contributed by atoms with Gasteiger partial charge in [0.2, 0.25) is 0 Å². The molecule has 0 saturated heterocycles. The molecule has 2 N–H and O–H groups in total. The first-order valence-corrected chi connectivity index (χ1v) is 5.10. The van der Waals surface area contributed by atoms with Crippen molar-refractivity contribution in [3.8, 4) is 6.07 Å². The van der Waals surface area contributed by atoms with E-state index in [-0.39, 0.29) is 18.6 Å². The molecule has 16 heavy (non-hydrogen) atoms. The molecule has 0 aromatic carbocycles. The van der Waals surface area contributed by atoms with Crippen molar-refractivity contribution in [3.63, 3.8) is 0 Å². The molecule has 1 heterocycles. The summed E-state index contributed by atoms with van der Waals surface area (Å²) in [5, 5.41) is 20.4. The Morgan fingerprint density at radius 3 is 2.88 bits per heavy atom. The number of hydrogen-bond donors (Lipinski definition) is 2. The number of rotatable bonds is 4. The van der Waals surface area contributed by atoms with E-state index < -0.39 is 0 Å². The fourth-order valence-corrected chi connectivity index (χ4v) is 1.39. The fourth-order valence-electron chi connectivity index (χ4n) is 1.39. The lowest BCUT2D eigenvalue weighted by molar-refractivity contribution is 0.0906. The smallest absolute Gasteiger partial charge is 0.268 e. The minimum absolute atomic E-state index is 0.0855. The summed E-state index contributed by atoms with van der Waals surface area (Å²) >= 11 is 0. The van der Waals surface area contributed by atoms with Crippen LogP contribution in [0.1, 0.15) is 29.4 Å². The molecule has 1 unspecified atom stereocenters. The van der Waals surface area contributed by atoms with E-state index >= 15 is 0 Å². The van der Waals surface area contributed by atoms with Gasteiger partial charge in [-0.05, 0) is 12.5 Å². The molecule has 0 aliphatic carbocycles. The van der Waals surface area contributed by atoms with Gasteiger partial charge in [-0.15, -0.1) is 0 Å². The molecule has 5 heteroatoms. The van der Waals surface area contributed by atoms with Crippen molar-refractivity contribution in [3.05, 3.63) is 23.5 Å². The van der Waals surface area contributed by atoms with Crippen LogP contribution >= 0.6 is 0 Å². The Kier molecular flexibility index (Phi) is 4.09. The first-order valence-electron chi connectivity index (χ1n) is 5.10. The zero-order valence-electron chi connectivity index (χ0n) is 9.40. The van der Waals surface area contributed by atoms with Crippen LogP contribution < -0.4 is 5.32 Å². The van der Waals surface area contributed by atoms with Gasteiger partial charge >= 0.3 is 0 Å². The lowest BCUT2D eigenvalue weighted by Gasteiger charge is -2.13. The summed E-state index contributed by atoms with van der Waals surface area (Å²) in [4.78, 5) is 11.8. The van der Waals surface area contributed by atoms with Crippen molar-refractivity contribution >= 4 is 5.91 Å². The number of carbonyl (C=O) groups excluding carboxylic acids is 1. The SMILES string of the molecule is CCC(CO)NC(=O)c1cc(C#N)cn1C. The summed E-state index contributed by atoms with van der Waals surface area (Å²) in [6.45, 7) is 1.80. The molecule has 1 amide bonds. The van der Waals surface area contributed by atoms with Gasteiger partial charge in [-0.25, -0.2) is 0 Å². The van der Waals surface area contributed by atoms with Gasteiger partial charge < -0.3 is 15.0 Å². The third-order valence-electron chi connectivity index (χ3n) is 2.42. The topological polar surface area (TPSA) is 78.1 Å². The number of nitriles is 1. The maximum Gasteiger partial charge on any atom is 0.268 e. The van der Waals surface area contributed by atoms with E-state index in [1.54, 1.807) is 17.8 Å². The minimum atomic E-state index is -0.273. The van der Waals surface area contributed by atoms with E-state index in [1.807, 2.05) is 13.0 Å². The largest absolute Gasteiger partial charge is 0.394 e. The molecule has 0 spiro atoms. The number of carbonyl (C=O) groups is 1. The van der Waals surface area contributed by atoms with Crippen LogP contribution in [0, 0.1) is 11.3 Å². The Labute approximate surface area is 94.3 Å². The molecule has 1 aromatic rings. The van der Waals surface area contributed by atoms with Gasteiger partial charge in [-0.1, -0.05) is 6.92 Å². The molecule has 1 rings (SSSR count). The summed E-state index contributed by atoms with van der Waals surface area (Å²) in [6, 6.07) is 3.26. The normalized spacial score (nSPS) is 11.9. The van der Waals surface area contributed by atoms with Crippen molar-refractivity contribution in [2.24, 2.45) is 7.05 Å². The number of nitrogens with one attached hydrogen (secondary N) is 1. The summed E-state index contributed by atoms with van der Waals surface area (Å²) in [6.07, 6.45) is 2.26. The Morgan fingerprint density at radius 1 is 1.75 bits per heavy atom. The molecule has 5 nitrogen and oxygen atoms in total. The highest BCUT2D eigenvalue weighted by molar-refractivity contribution is 5.93. The van der Waals surface area contributed by atoms with Crippen molar-refractivity contribution in [2.75, 3.05) is 6.61 Å². The molecule has 0 aliphatic heterocycles. The lowest BCUT2D eigenvalue weighted by atomic mass is 10.2. The summed E-state index contributed by atoms with van der Waals surface area (Å²) in [5.41, 5.74) is 0.869. The van der Waals surface area contributed by atoms with Crippen LogP contribution in [0.15, 0.2) is 12.3 Å². The molecule has 0 fully saturated rings. The predicted molar refractivity (Wildman–Crippen MR) is 58.8 cm³/mol. The van der Waals surface area contributed by atoms with E-state index in [2.05, 4.69) is 5.32 Å². The van der Waals surface area contributed by atoms with E-state index in [9.17, 15) is 4.79 Å². The molecule has 1 atom stereocenters. The van der Waals surface area contributed by atoms with Gasteiger partial charge in [-0.3, -0.25) is 4.79 Å². The van der Waals surface area contributed by atoms with Crippen LogP contribution in [0.25, 0.3) is 0 Å². The number of aliphatic hydroxyl groups excluding tert-OH is 1. The summed E-state index contributed by atoms with van der Waals surface area (Å²) in [7, 11) is 1.70. The quantitative estimate of drug-likeness (QED) is 0.772. The first kappa shape index (κ1) is 12.3. The maximum atomic E-state index is 11.8. The van der Waals surface area contributed by atoms with E-state index in [1.165, 1.54) is 6.07 Å². The molecule has 86 valence electrons. The van der Waals surface area contributed by atoms with Crippen molar-refractivity contribution in [2.45, 2.75) is 19.4 Å². The lowest BCUT2D eigenvalue weighted by Crippen LogP contribution is -2.37. The second-order valence-electron chi connectivity index (χ2n) is 3.60. The number of aliphatic hydroxyl groups is 1. The second-order valence-corrected chi connectivity index (χ2v) is 3.60. The van der Waals surface area contributed by atoms with Gasteiger partial charge in [0, 0.05) is 13.2 Å². The Morgan fingerprint density at radius 2 is 2.44 bits per heavy atom. The van der Waals surface area contributed by atoms with E-state index in [0.717, 1.165) is 0 Å². The third kappa shape index (κ3) is 2.61. The Hall–Kier alpha value is -1.80. The average Bonchev–Trinajstić information content (AvgIpc) is 2.67. The van der Waals surface area contributed by atoms with Crippen LogP contribution in [0.5, 0.6) is 0 Å². The van der Waals surface area contributed by atoms with Gasteiger partial charge in [0.05, 0.1) is 18.2 Å². The van der Waals surface area contributed by atoms with Crippen molar-refractivity contribution in [1.29, 1.82) is 5.26 Å². The van der Waals surface area contributed by atoms with E-state index in [0.29, 0.717) is 17.7 Å². The predicted octanol–water partition coefficient (Wildman–Crippen LogP) is 0.397. The number of hydrogen-bond acceptors (Lipinski definition) is 3. The molecular formula is C11H15N3O2. The van der Waals surface area contributed by atoms with Gasteiger partial charge in [0.15, 0.2) is 0 Å². The van der Waals surface area contributed by atoms with E-state index in [4.69, 9.17) is 10.4 Å². The van der Waals surface area contributed by atoms with Crippen LogP contribution in [0.3, 0.4) is 0 Å². The first-order chi connectivity index (χ1) is 7.62. The maximum absolute atomic E-state index is 11.8. The number of aromatic nitrogens is 1. The highest BCUT2D eigenvalue weighted by Gasteiger charge is 2.14. The Bertz CT molecular complexity index is 413. The number of nitrogens with zero attached hydrogens (tertiary/aromatic N) is 2. The van der Waals surface area contributed by atoms with Gasteiger partial charge in [0.25, 0.3) is 5.91 Å². The van der Waals surface area contributed by atoms with Gasteiger partial charge in [-0.2, -0.15) is 5.26 Å². The second kappa shape index (κ2) is 5.33. The van der Waals surface area contributed by atoms with Crippen LogP contribution in [-0.4, -0.2) is 28.2 Å². The van der Waals surface area contributed by atoms with Crippen molar-refractivity contribution < 1.29 is 9.90 Å². The monoisotopic (exact) mass is 221 g/mol. The summed E-state index contributed by atoms with van der Waals surface area (Å²) in [5.74, 6) is -0.273. The Balaban J connectivity index is 2.80. The fraction of sp³-hybridized carbons (Fsp3) is 0.455. The van der Waals surface area contributed by atoms with Crippen LogP contribution in [0.4, 0.5) is 0 Å². The third-order valence-corrected chi connectivity index (χ3v) is 2.42. The number of amides is 1. The molecule has 0 bridgehead atoms. The molecular weight excluding hydrogens is 206 g/mol.